The van der Waals surface area contributed by atoms with Crippen LogP contribution in [-0.2, 0) is 10.3 Å². The number of hydrogen-bond acceptors (Lipinski definition) is 3. The van der Waals surface area contributed by atoms with E-state index in [1.165, 1.54) is 4.90 Å². The fourth-order valence-electron chi connectivity index (χ4n) is 3.59. The second-order valence-corrected chi connectivity index (χ2v) is 8.03. The van der Waals surface area contributed by atoms with Gasteiger partial charge in [-0.2, -0.15) is 0 Å². The predicted molar refractivity (Wildman–Crippen MR) is 109 cm³/mol. The number of carbonyl (C=O) groups excluding carboxylic acids is 1. The van der Waals surface area contributed by atoms with Crippen molar-refractivity contribution in [3.63, 3.8) is 0 Å². The van der Waals surface area contributed by atoms with Crippen molar-refractivity contribution in [2.75, 3.05) is 7.05 Å². The van der Waals surface area contributed by atoms with Crippen LogP contribution in [0.3, 0.4) is 0 Å². The van der Waals surface area contributed by atoms with Gasteiger partial charge in [-0.1, -0.05) is 28.1 Å². The minimum atomic E-state index is -0.623. The summed E-state index contributed by atoms with van der Waals surface area (Å²) in [4.78, 5) is 18.3. The lowest BCUT2D eigenvalue weighted by Gasteiger charge is -2.39. The standard InChI is InChI=1S/C20H20BrN5O/c1-12-23-16-8-7-14(21)10-17(16)26(12)15-6-4-5-13(9-15)20(2)11-18(27)25(3)19(22)24-20/h4-10H,11H2,1-3H3,(H2,22,24)/t20-/m0/s1. The van der Waals surface area contributed by atoms with Gasteiger partial charge in [0.25, 0.3) is 0 Å². The molecule has 1 fully saturated rings. The van der Waals surface area contributed by atoms with Crippen LogP contribution in [0.1, 0.15) is 24.7 Å². The largest absolute Gasteiger partial charge is 0.346 e. The Labute approximate surface area is 165 Å². The van der Waals surface area contributed by atoms with E-state index in [1.54, 1.807) is 7.05 Å². The summed E-state index contributed by atoms with van der Waals surface area (Å²) in [6, 6.07) is 14.1. The molecule has 1 amide bonds. The molecule has 2 N–H and O–H groups in total. The first-order chi connectivity index (χ1) is 12.8. The van der Waals surface area contributed by atoms with Gasteiger partial charge in [-0.25, -0.2) is 4.98 Å². The Bertz CT molecular complexity index is 1070. The lowest BCUT2D eigenvalue weighted by molar-refractivity contribution is -0.129. The number of nitrogens with zero attached hydrogens (tertiary/aromatic N) is 3. The van der Waals surface area contributed by atoms with Gasteiger partial charge in [0.15, 0.2) is 5.96 Å². The Morgan fingerprint density at radius 2 is 2.04 bits per heavy atom. The van der Waals surface area contributed by atoms with Gasteiger partial charge < -0.3 is 5.32 Å². The maximum absolute atomic E-state index is 12.3. The Hall–Kier alpha value is -2.67. The maximum Gasteiger partial charge on any atom is 0.231 e. The summed E-state index contributed by atoms with van der Waals surface area (Å²) in [5.74, 6) is 0.942. The van der Waals surface area contributed by atoms with Crippen molar-refractivity contribution in [2.45, 2.75) is 25.8 Å². The quantitative estimate of drug-likeness (QED) is 0.657. The lowest BCUT2D eigenvalue weighted by Crippen LogP contribution is -2.58. The summed E-state index contributed by atoms with van der Waals surface area (Å²) < 4.78 is 3.10. The van der Waals surface area contributed by atoms with Crippen molar-refractivity contribution in [1.29, 1.82) is 5.41 Å². The Kier molecular flexibility index (Phi) is 4.07. The second kappa shape index (κ2) is 6.20. The summed E-state index contributed by atoms with van der Waals surface area (Å²) in [5.41, 5.74) is 3.27. The number of halogens is 1. The van der Waals surface area contributed by atoms with Crippen LogP contribution in [0.2, 0.25) is 0 Å². The van der Waals surface area contributed by atoms with Crippen molar-refractivity contribution in [1.82, 2.24) is 19.8 Å². The van der Waals surface area contributed by atoms with Crippen molar-refractivity contribution < 1.29 is 4.79 Å². The number of guanidine groups is 1. The minimum Gasteiger partial charge on any atom is -0.346 e. The molecule has 1 aliphatic heterocycles. The molecule has 6 nitrogen and oxygen atoms in total. The van der Waals surface area contributed by atoms with E-state index in [2.05, 4.69) is 42.9 Å². The zero-order valence-electron chi connectivity index (χ0n) is 15.4. The average Bonchev–Trinajstić information content (AvgIpc) is 2.95. The van der Waals surface area contributed by atoms with Crippen LogP contribution >= 0.6 is 15.9 Å². The van der Waals surface area contributed by atoms with Crippen molar-refractivity contribution in [2.24, 2.45) is 0 Å². The van der Waals surface area contributed by atoms with E-state index >= 15 is 0 Å². The van der Waals surface area contributed by atoms with E-state index in [1.807, 2.05) is 44.2 Å². The number of rotatable bonds is 2. The average molecular weight is 426 g/mol. The van der Waals surface area contributed by atoms with Crippen LogP contribution in [-0.4, -0.2) is 33.4 Å². The number of imidazole rings is 1. The van der Waals surface area contributed by atoms with E-state index in [9.17, 15) is 4.79 Å². The number of aryl methyl sites for hydroxylation is 1. The van der Waals surface area contributed by atoms with Crippen molar-refractivity contribution >= 4 is 38.8 Å². The van der Waals surface area contributed by atoms with Crippen LogP contribution in [0.5, 0.6) is 0 Å². The molecular formula is C20H20BrN5O. The van der Waals surface area contributed by atoms with Crippen LogP contribution in [0.4, 0.5) is 0 Å². The molecule has 0 aliphatic carbocycles. The smallest absolute Gasteiger partial charge is 0.231 e. The van der Waals surface area contributed by atoms with Gasteiger partial charge in [0, 0.05) is 17.2 Å². The zero-order chi connectivity index (χ0) is 19.3. The van der Waals surface area contributed by atoms with Gasteiger partial charge in [0.2, 0.25) is 5.91 Å². The van der Waals surface area contributed by atoms with Gasteiger partial charge >= 0.3 is 0 Å². The fraction of sp³-hybridized carbons (Fsp3) is 0.250. The van der Waals surface area contributed by atoms with Gasteiger partial charge in [0.1, 0.15) is 5.82 Å². The Balaban J connectivity index is 1.83. The fourth-order valence-corrected chi connectivity index (χ4v) is 3.94. The highest BCUT2D eigenvalue weighted by Crippen LogP contribution is 2.31. The molecule has 4 rings (SSSR count). The molecule has 3 aromatic rings. The van der Waals surface area contributed by atoms with E-state index in [4.69, 9.17) is 5.41 Å². The molecule has 0 saturated carbocycles. The molecule has 1 saturated heterocycles. The maximum atomic E-state index is 12.3. The third-order valence-corrected chi connectivity index (χ3v) is 5.63. The number of fused-ring (bicyclic) bond motifs is 1. The molecule has 0 bridgehead atoms. The van der Waals surface area contributed by atoms with Crippen LogP contribution < -0.4 is 5.32 Å². The number of carbonyl (C=O) groups is 1. The molecule has 1 aromatic heterocycles. The predicted octanol–water partition coefficient (Wildman–Crippen LogP) is 3.70. The molecule has 2 heterocycles. The monoisotopic (exact) mass is 425 g/mol. The van der Waals surface area contributed by atoms with Gasteiger partial charge in [-0.3, -0.25) is 19.7 Å². The second-order valence-electron chi connectivity index (χ2n) is 7.11. The Morgan fingerprint density at radius 3 is 2.78 bits per heavy atom. The number of amides is 1. The van der Waals surface area contributed by atoms with Crippen LogP contribution in [0.15, 0.2) is 46.9 Å². The molecule has 0 radical (unpaired) electrons. The molecule has 7 heteroatoms. The molecule has 138 valence electrons. The summed E-state index contributed by atoms with van der Waals surface area (Å²) >= 11 is 3.54. The third-order valence-electron chi connectivity index (χ3n) is 5.13. The molecule has 0 unspecified atom stereocenters. The molecule has 27 heavy (non-hydrogen) atoms. The number of nitrogens with one attached hydrogen (secondary N) is 2. The first-order valence-electron chi connectivity index (χ1n) is 8.67. The summed E-state index contributed by atoms with van der Waals surface area (Å²) in [6.07, 6.45) is 0.296. The summed E-state index contributed by atoms with van der Waals surface area (Å²) in [5, 5.41) is 11.2. The summed E-state index contributed by atoms with van der Waals surface area (Å²) in [7, 11) is 1.62. The molecule has 1 aliphatic rings. The zero-order valence-corrected chi connectivity index (χ0v) is 17.0. The highest BCUT2D eigenvalue weighted by atomic mass is 79.9. The van der Waals surface area contributed by atoms with Gasteiger partial charge in [-0.05, 0) is 49.7 Å². The topological polar surface area (TPSA) is 74.0 Å². The molecule has 2 aromatic carbocycles. The third kappa shape index (κ3) is 2.92. The van der Waals surface area contributed by atoms with Crippen molar-refractivity contribution in [3.8, 4) is 5.69 Å². The first kappa shape index (κ1) is 17.7. The molecule has 1 atom stereocenters. The molecular weight excluding hydrogens is 406 g/mol. The van der Waals surface area contributed by atoms with E-state index in [0.29, 0.717) is 6.42 Å². The SMILES string of the molecule is Cc1nc2ccc(Br)cc2n1-c1cccc([C@]2(C)CC(=O)N(C)C(=N)N2)c1. The van der Waals surface area contributed by atoms with Gasteiger partial charge in [0.05, 0.1) is 23.0 Å². The lowest BCUT2D eigenvalue weighted by atomic mass is 9.86. The molecule has 0 spiro atoms. The van der Waals surface area contributed by atoms with Gasteiger partial charge in [-0.15, -0.1) is 0 Å². The van der Waals surface area contributed by atoms with Crippen molar-refractivity contribution in [3.05, 3.63) is 58.3 Å². The number of hydrogen-bond donors (Lipinski definition) is 2. The number of aromatic nitrogens is 2. The summed E-state index contributed by atoms with van der Waals surface area (Å²) in [6.45, 7) is 3.94. The highest BCUT2D eigenvalue weighted by molar-refractivity contribution is 9.10. The van der Waals surface area contributed by atoms with Crippen LogP contribution in [0.25, 0.3) is 16.7 Å². The Morgan fingerprint density at radius 1 is 1.26 bits per heavy atom. The number of benzene rings is 2. The first-order valence-corrected chi connectivity index (χ1v) is 9.47. The van der Waals surface area contributed by atoms with E-state index in [-0.39, 0.29) is 11.9 Å². The normalized spacial score (nSPS) is 20.2. The van der Waals surface area contributed by atoms with E-state index in [0.717, 1.165) is 32.6 Å². The van der Waals surface area contributed by atoms with Crippen LogP contribution in [0, 0.1) is 12.3 Å². The van der Waals surface area contributed by atoms with E-state index < -0.39 is 5.54 Å². The minimum absolute atomic E-state index is 0.0696. The highest BCUT2D eigenvalue weighted by Gasteiger charge is 2.38.